The molecule has 0 aliphatic carbocycles. The lowest BCUT2D eigenvalue weighted by Gasteiger charge is -2.11. The molecule has 0 spiro atoms. The molecule has 0 rings (SSSR count). The van der Waals surface area contributed by atoms with Crippen LogP contribution < -0.4 is 11.5 Å². The molecule has 0 saturated heterocycles. The Labute approximate surface area is 49.0 Å². The van der Waals surface area contributed by atoms with Gasteiger partial charge in [0, 0.05) is 6.42 Å². The molecule has 0 atom stereocenters. The normalized spacial score (nSPS) is 12.0. The molecule has 0 amide bonds. The molecule has 0 unspecified atom stereocenters. The first-order valence-electron chi connectivity index (χ1n) is 2.83. The zero-order valence-electron chi connectivity index (χ0n) is 5.15. The third-order valence-electron chi connectivity index (χ3n) is 0.913. The fraction of sp³-hybridized carbons (Fsp3) is 1.00. The quantitative estimate of drug-likeness (QED) is 0.426. The van der Waals surface area contributed by atoms with E-state index in [2.05, 4.69) is 0 Å². The predicted molar refractivity (Wildman–Crippen MR) is 31.7 cm³/mol. The van der Waals surface area contributed by atoms with Crippen LogP contribution in [0, 0.1) is 0 Å². The van der Waals surface area contributed by atoms with Crippen LogP contribution in [-0.2, 0) is 0 Å². The van der Waals surface area contributed by atoms with Crippen LogP contribution in [0.5, 0.6) is 0 Å². The Hall–Kier alpha value is -0.150. The minimum Gasteiger partial charge on any atom is -0.287 e. The van der Waals surface area contributed by atoms with Crippen LogP contribution in [0.4, 0.5) is 4.39 Å². The molecule has 0 heterocycles. The first-order chi connectivity index (χ1) is 3.56. The van der Waals surface area contributed by atoms with Gasteiger partial charge >= 0.3 is 0 Å². The van der Waals surface area contributed by atoms with Crippen molar-refractivity contribution < 1.29 is 4.39 Å². The highest BCUT2D eigenvalue weighted by atomic mass is 19.1. The molecule has 0 saturated carbocycles. The molecule has 3 heteroatoms. The van der Waals surface area contributed by atoms with Gasteiger partial charge in [-0.05, 0) is 6.42 Å². The van der Waals surface area contributed by atoms with E-state index in [9.17, 15) is 4.39 Å². The summed E-state index contributed by atoms with van der Waals surface area (Å²) in [4.78, 5) is 0. The van der Waals surface area contributed by atoms with Crippen LogP contribution in [-0.4, -0.2) is 5.92 Å². The summed E-state index contributed by atoms with van der Waals surface area (Å²) in [6.45, 7) is 1.96. The van der Waals surface area contributed by atoms with Crippen molar-refractivity contribution in [1.82, 2.24) is 0 Å². The van der Waals surface area contributed by atoms with Crippen LogP contribution in [0.3, 0.4) is 0 Å². The fourth-order valence-corrected chi connectivity index (χ4v) is 0.448. The van der Waals surface area contributed by atoms with Crippen LogP contribution in [0.15, 0.2) is 0 Å². The molecule has 0 aromatic rings. The standard InChI is InChI=1S/C5H13FN2/c1-2-3-4-5(6,7)8/h2-4,7-8H2,1H3. The maximum atomic E-state index is 12.1. The molecular weight excluding hydrogens is 107 g/mol. The molecule has 4 N–H and O–H groups in total. The van der Waals surface area contributed by atoms with Crippen LogP contribution >= 0.6 is 0 Å². The van der Waals surface area contributed by atoms with Gasteiger partial charge in [-0.1, -0.05) is 13.3 Å². The van der Waals surface area contributed by atoms with E-state index in [1.807, 2.05) is 6.92 Å². The number of halogens is 1. The number of alkyl halides is 1. The van der Waals surface area contributed by atoms with E-state index in [-0.39, 0.29) is 6.42 Å². The van der Waals surface area contributed by atoms with Crippen LogP contribution in [0.1, 0.15) is 26.2 Å². The summed E-state index contributed by atoms with van der Waals surface area (Å²) in [7, 11) is 0. The maximum absolute atomic E-state index is 12.1. The molecule has 0 aliphatic heterocycles. The van der Waals surface area contributed by atoms with Gasteiger partial charge < -0.3 is 0 Å². The number of unbranched alkanes of at least 4 members (excludes halogenated alkanes) is 1. The van der Waals surface area contributed by atoms with Crippen molar-refractivity contribution >= 4 is 0 Å². The average Bonchev–Trinajstić information content (AvgIpc) is 1.59. The van der Waals surface area contributed by atoms with E-state index in [0.717, 1.165) is 12.8 Å². The lowest BCUT2D eigenvalue weighted by Crippen LogP contribution is -2.44. The van der Waals surface area contributed by atoms with Crippen molar-refractivity contribution in [3.63, 3.8) is 0 Å². The van der Waals surface area contributed by atoms with Crippen molar-refractivity contribution in [2.75, 3.05) is 0 Å². The van der Waals surface area contributed by atoms with Crippen molar-refractivity contribution in [3.8, 4) is 0 Å². The SMILES string of the molecule is CCCCC(N)(N)F. The van der Waals surface area contributed by atoms with E-state index in [4.69, 9.17) is 11.5 Å². The topological polar surface area (TPSA) is 52.0 Å². The molecular formula is C5H13FN2. The van der Waals surface area contributed by atoms with Gasteiger partial charge in [0.2, 0.25) is 5.92 Å². The highest BCUT2D eigenvalue weighted by molar-refractivity contribution is 4.59. The maximum Gasteiger partial charge on any atom is 0.210 e. The van der Waals surface area contributed by atoms with Crippen molar-refractivity contribution in [3.05, 3.63) is 0 Å². The van der Waals surface area contributed by atoms with Crippen LogP contribution in [0.25, 0.3) is 0 Å². The summed E-state index contributed by atoms with van der Waals surface area (Å²) in [5.41, 5.74) is 9.67. The predicted octanol–water partition coefficient (Wildman–Crippen LogP) is 0.717. The molecule has 2 nitrogen and oxygen atoms in total. The van der Waals surface area contributed by atoms with Gasteiger partial charge in [-0.2, -0.15) is 0 Å². The Balaban J connectivity index is 3.11. The first-order valence-corrected chi connectivity index (χ1v) is 2.83. The molecule has 0 aromatic carbocycles. The number of rotatable bonds is 3. The smallest absolute Gasteiger partial charge is 0.210 e. The molecule has 0 aliphatic rings. The zero-order chi connectivity index (χ0) is 6.62. The Morgan fingerprint density at radius 1 is 1.50 bits per heavy atom. The zero-order valence-corrected chi connectivity index (χ0v) is 5.15. The van der Waals surface area contributed by atoms with Crippen LogP contribution in [0.2, 0.25) is 0 Å². The van der Waals surface area contributed by atoms with E-state index in [1.165, 1.54) is 0 Å². The van der Waals surface area contributed by atoms with Crippen molar-refractivity contribution in [2.24, 2.45) is 11.5 Å². The fourth-order valence-electron chi connectivity index (χ4n) is 0.448. The minimum atomic E-state index is -1.95. The second-order valence-corrected chi connectivity index (χ2v) is 2.03. The lowest BCUT2D eigenvalue weighted by atomic mass is 10.2. The van der Waals surface area contributed by atoms with Crippen molar-refractivity contribution in [1.29, 1.82) is 0 Å². The minimum absolute atomic E-state index is 0.253. The average molecular weight is 120 g/mol. The van der Waals surface area contributed by atoms with E-state index in [1.54, 1.807) is 0 Å². The van der Waals surface area contributed by atoms with Gasteiger partial charge in [-0.15, -0.1) is 0 Å². The summed E-state index contributed by atoms with van der Waals surface area (Å²) >= 11 is 0. The van der Waals surface area contributed by atoms with Gasteiger partial charge in [-0.25, -0.2) is 4.39 Å². The third kappa shape index (κ3) is 5.85. The summed E-state index contributed by atoms with van der Waals surface area (Å²) in [6.07, 6.45) is 1.94. The third-order valence-corrected chi connectivity index (χ3v) is 0.913. The Morgan fingerprint density at radius 3 is 2.12 bits per heavy atom. The summed E-state index contributed by atoms with van der Waals surface area (Å²) in [6, 6.07) is 0. The second kappa shape index (κ2) is 2.99. The van der Waals surface area contributed by atoms with Gasteiger partial charge in [0.05, 0.1) is 0 Å². The molecule has 50 valence electrons. The van der Waals surface area contributed by atoms with Gasteiger partial charge in [-0.3, -0.25) is 11.5 Å². The highest BCUT2D eigenvalue weighted by Crippen LogP contribution is 2.04. The first kappa shape index (κ1) is 7.85. The number of hydrogen-bond donors (Lipinski definition) is 2. The molecule has 0 fully saturated rings. The van der Waals surface area contributed by atoms with E-state index < -0.39 is 5.92 Å². The molecule has 0 aromatic heterocycles. The Kier molecular flexibility index (Phi) is 2.94. The number of hydrogen-bond acceptors (Lipinski definition) is 2. The highest BCUT2D eigenvalue weighted by Gasteiger charge is 2.13. The van der Waals surface area contributed by atoms with E-state index in [0.29, 0.717) is 0 Å². The number of nitrogens with two attached hydrogens (primary N) is 2. The van der Waals surface area contributed by atoms with Crippen molar-refractivity contribution in [2.45, 2.75) is 32.1 Å². The van der Waals surface area contributed by atoms with E-state index >= 15 is 0 Å². The van der Waals surface area contributed by atoms with Gasteiger partial charge in [0.25, 0.3) is 0 Å². The Bertz CT molecular complexity index is 57.9. The molecule has 0 bridgehead atoms. The monoisotopic (exact) mass is 120 g/mol. The second-order valence-electron chi connectivity index (χ2n) is 2.03. The summed E-state index contributed by atoms with van der Waals surface area (Å²) in [5.74, 6) is -1.95. The summed E-state index contributed by atoms with van der Waals surface area (Å²) < 4.78 is 12.1. The molecule has 8 heavy (non-hydrogen) atoms. The largest absolute Gasteiger partial charge is 0.287 e. The molecule has 0 radical (unpaired) electrons. The lowest BCUT2D eigenvalue weighted by molar-refractivity contribution is 0.164. The Morgan fingerprint density at radius 2 is 2.00 bits per heavy atom. The van der Waals surface area contributed by atoms with Gasteiger partial charge in [0.15, 0.2) is 0 Å². The van der Waals surface area contributed by atoms with Gasteiger partial charge in [0.1, 0.15) is 0 Å². The summed E-state index contributed by atoms with van der Waals surface area (Å²) in [5, 5.41) is 0.